The number of anilines is 1. The van der Waals surface area contributed by atoms with Gasteiger partial charge >= 0.3 is 18.0 Å². The molecule has 2 amide bonds. The molecule has 3 aromatic rings. The highest BCUT2D eigenvalue weighted by molar-refractivity contribution is 7.13. The molecule has 0 atom stereocenters. The smallest absolute Gasteiger partial charge is 0.347 e. The second kappa shape index (κ2) is 9.30. The van der Waals surface area contributed by atoms with Gasteiger partial charge in [-0.2, -0.15) is 13.2 Å². The Hall–Kier alpha value is -3.20. The van der Waals surface area contributed by atoms with E-state index in [1.54, 1.807) is 11.4 Å². The van der Waals surface area contributed by atoms with Crippen molar-refractivity contribution in [2.45, 2.75) is 26.4 Å². The van der Waals surface area contributed by atoms with Crippen LogP contribution < -0.4 is 10.6 Å². The lowest BCUT2D eigenvalue weighted by atomic mass is 10.1. The number of nitrogens with one attached hydrogen (secondary N) is 2. The zero-order valence-corrected chi connectivity index (χ0v) is 17.7. The van der Waals surface area contributed by atoms with Gasteiger partial charge in [0.15, 0.2) is 0 Å². The number of hydrogen-bond donors (Lipinski definition) is 2. The Morgan fingerprint density at radius 2 is 1.74 bits per heavy atom. The molecule has 1 heterocycles. The van der Waals surface area contributed by atoms with Crippen LogP contribution in [0.25, 0.3) is 10.6 Å². The first kappa shape index (κ1) is 22.5. The quantitative estimate of drug-likeness (QED) is 0.555. The summed E-state index contributed by atoms with van der Waals surface area (Å²) in [6.45, 7) is 3.99. The molecule has 0 aliphatic rings. The third-order valence-electron chi connectivity index (χ3n) is 4.51. The van der Waals surface area contributed by atoms with Gasteiger partial charge in [-0.05, 0) is 37.6 Å². The van der Waals surface area contributed by atoms with Gasteiger partial charge in [0.25, 0.3) is 0 Å². The zero-order valence-electron chi connectivity index (χ0n) is 16.8. The van der Waals surface area contributed by atoms with Gasteiger partial charge < -0.3 is 10.6 Å². The van der Waals surface area contributed by atoms with E-state index >= 15 is 0 Å². The highest BCUT2D eigenvalue weighted by atomic mass is 32.1. The molecule has 0 unspecified atom stereocenters. The molecule has 0 saturated heterocycles. The summed E-state index contributed by atoms with van der Waals surface area (Å²) < 4.78 is 38.0. The van der Waals surface area contributed by atoms with Crippen LogP contribution in [0, 0.1) is 13.8 Å². The molecule has 2 N–H and O–H groups in total. The lowest BCUT2D eigenvalue weighted by Crippen LogP contribution is -2.36. The maximum absolute atomic E-state index is 12.7. The molecule has 9 heteroatoms. The number of carbonyl (C=O) groups is 2. The molecule has 0 fully saturated rings. The minimum atomic E-state index is -4.38. The van der Waals surface area contributed by atoms with Crippen LogP contribution in [-0.2, 0) is 22.2 Å². The van der Waals surface area contributed by atoms with Crippen molar-refractivity contribution in [1.29, 1.82) is 0 Å². The number of halogens is 3. The number of hydrogen-bond acceptors (Lipinski definition) is 4. The number of rotatable bonds is 5. The van der Waals surface area contributed by atoms with E-state index in [9.17, 15) is 22.8 Å². The van der Waals surface area contributed by atoms with E-state index in [1.807, 2.05) is 26.0 Å². The Labute approximate surface area is 181 Å². The number of aryl methyl sites for hydroxylation is 2. The number of benzene rings is 2. The summed E-state index contributed by atoms with van der Waals surface area (Å²) in [7, 11) is 0. The molecule has 0 spiro atoms. The van der Waals surface area contributed by atoms with Crippen molar-refractivity contribution in [3.05, 3.63) is 70.2 Å². The van der Waals surface area contributed by atoms with E-state index < -0.39 is 23.6 Å². The maximum atomic E-state index is 12.7. The van der Waals surface area contributed by atoms with Crippen LogP contribution in [0.4, 0.5) is 18.9 Å². The van der Waals surface area contributed by atoms with Crippen LogP contribution in [0.15, 0.2) is 47.8 Å². The van der Waals surface area contributed by atoms with Crippen LogP contribution in [0.3, 0.4) is 0 Å². The minimum absolute atomic E-state index is 0.204. The summed E-state index contributed by atoms with van der Waals surface area (Å²) in [6, 6.07) is 10.3. The number of alkyl halides is 3. The fourth-order valence-electron chi connectivity index (χ4n) is 2.87. The minimum Gasteiger partial charge on any atom is -0.347 e. The Kier molecular flexibility index (Phi) is 6.74. The molecule has 3 rings (SSSR count). The highest BCUT2D eigenvalue weighted by Crippen LogP contribution is 2.31. The average Bonchev–Trinajstić information content (AvgIpc) is 3.18. The second-order valence-corrected chi connectivity index (χ2v) is 7.86. The van der Waals surface area contributed by atoms with Crippen molar-refractivity contribution in [1.82, 2.24) is 10.3 Å². The summed E-state index contributed by atoms with van der Waals surface area (Å²) in [5, 5.41) is 7.48. The molecule has 0 aliphatic carbocycles. The molecular weight excluding hydrogens is 427 g/mol. The fraction of sp³-hybridized carbons (Fsp3) is 0.227. The van der Waals surface area contributed by atoms with Crippen LogP contribution in [0.1, 0.15) is 22.4 Å². The van der Waals surface area contributed by atoms with Gasteiger partial charge in [-0.3, -0.25) is 9.59 Å². The second-order valence-electron chi connectivity index (χ2n) is 7.00. The van der Waals surface area contributed by atoms with Crippen molar-refractivity contribution in [3.63, 3.8) is 0 Å². The van der Waals surface area contributed by atoms with Gasteiger partial charge in [0.05, 0.1) is 11.3 Å². The lowest BCUT2D eigenvalue weighted by Gasteiger charge is -2.09. The van der Waals surface area contributed by atoms with Crippen molar-refractivity contribution in [2.24, 2.45) is 0 Å². The van der Waals surface area contributed by atoms with E-state index in [0.717, 1.165) is 23.3 Å². The topological polar surface area (TPSA) is 71.1 Å². The van der Waals surface area contributed by atoms with Gasteiger partial charge in [-0.15, -0.1) is 11.3 Å². The van der Waals surface area contributed by atoms with Crippen LogP contribution in [0.5, 0.6) is 0 Å². The number of thiazole rings is 1. The first-order valence-corrected chi connectivity index (χ1v) is 10.3. The van der Waals surface area contributed by atoms with Gasteiger partial charge in [0.1, 0.15) is 5.01 Å². The first-order valence-electron chi connectivity index (χ1n) is 9.42. The van der Waals surface area contributed by atoms with E-state index in [4.69, 9.17) is 0 Å². The SMILES string of the molecule is Cc1ccc(NC(=O)C(=O)NCCc2csc(-c3ccc(C(F)(F)F)cc3)n2)c(C)c1. The zero-order chi connectivity index (χ0) is 22.6. The highest BCUT2D eigenvalue weighted by Gasteiger charge is 2.30. The molecule has 0 radical (unpaired) electrons. The Morgan fingerprint density at radius 3 is 2.39 bits per heavy atom. The predicted molar refractivity (Wildman–Crippen MR) is 114 cm³/mol. The molecule has 0 saturated carbocycles. The molecule has 2 aromatic carbocycles. The summed E-state index contributed by atoms with van der Waals surface area (Å²) in [4.78, 5) is 28.5. The van der Waals surface area contributed by atoms with Crippen molar-refractivity contribution in [2.75, 3.05) is 11.9 Å². The number of aromatic nitrogens is 1. The maximum Gasteiger partial charge on any atom is 0.416 e. The molecule has 0 aliphatic heterocycles. The molecule has 5 nitrogen and oxygen atoms in total. The van der Waals surface area contributed by atoms with E-state index in [0.29, 0.717) is 28.4 Å². The van der Waals surface area contributed by atoms with Crippen LogP contribution >= 0.6 is 11.3 Å². The fourth-order valence-corrected chi connectivity index (χ4v) is 3.73. The monoisotopic (exact) mass is 447 g/mol. The van der Waals surface area contributed by atoms with Crippen LogP contribution in [-0.4, -0.2) is 23.3 Å². The summed E-state index contributed by atoms with van der Waals surface area (Å²) in [5.74, 6) is -1.51. The summed E-state index contributed by atoms with van der Waals surface area (Å²) in [5.41, 5.74) is 3.04. The molecule has 162 valence electrons. The van der Waals surface area contributed by atoms with E-state index in [-0.39, 0.29) is 6.54 Å². The predicted octanol–water partition coefficient (Wildman–Crippen LogP) is 4.74. The van der Waals surface area contributed by atoms with Crippen LogP contribution in [0.2, 0.25) is 0 Å². The van der Waals surface area contributed by atoms with E-state index in [2.05, 4.69) is 15.6 Å². The van der Waals surface area contributed by atoms with Gasteiger partial charge in [0, 0.05) is 29.6 Å². The number of carbonyl (C=O) groups excluding carboxylic acids is 2. The molecular formula is C22H20F3N3O2S. The third kappa shape index (κ3) is 5.91. The Morgan fingerprint density at radius 1 is 1.03 bits per heavy atom. The normalized spacial score (nSPS) is 11.3. The average molecular weight is 447 g/mol. The lowest BCUT2D eigenvalue weighted by molar-refractivity contribution is -0.137. The molecule has 31 heavy (non-hydrogen) atoms. The van der Waals surface area contributed by atoms with Gasteiger partial charge in [0.2, 0.25) is 0 Å². The first-order chi connectivity index (χ1) is 14.6. The summed E-state index contributed by atoms with van der Waals surface area (Å²) in [6.07, 6.45) is -3.99. The van der Waals surface area contributed by atoms with Crippen molar-refractivity contribution in [3.8, 4) is 10.6 Å². The largest absolute Gasteiger partial charge is 0.416 e. The van der Waals surface area contributed by atoms with Crippen molar-refractivity contribution < 1.29 is 22.8 Å². The standard InChI is InChI=1S/C22H20F3N3O2S/c1-13-3-8-18(14(2)11-13)28-20(30)19(29)26-10-9-17-12-31-21(27-17)15-4-6-16(7-5-15)22(23,24)25/h3-8,11-12H,9-10H2,1-2H3,(H,26,29)(H,28,30). The van der Waals surface area contributed by atoms with E-state index in [1.165, 1.54) is 23.5 Å². The Bertz CT molecular complexity index is 1090. The molecule has 0 bridgehead atoms. The van der Waals surface area contributed by atoms with Crippen molar-refractivity contribution >= 4 is 28.8 Å². The Balaban J connectivity index is 1.51. The summed E-state index contributed by atoms with van der Waals surface area (Å²) >= 11 is 1.30. The number of amides is 2. The third-order valence-corrected chi connectivity index (χ3v) is 5.45. The molecule has 1 aromatic heterocycles. The van der Waals surface area contributed by atoms with Gasteiger partial charge in [-0.25, -0.2) is 4.98 Å². The van der Waals surface area contributed by atoms with Gasteiger partial charge in [-0.1, -0.05) is 29.8 Å². The number of nitrogens with zero attached hydrogens (tertiary/aromatic N) is 1.